The molecule has 0 saturated heterocycles. The summed E-state index contributed by atoms with van der Waals surface area (Å²) in [6, 6.07) is 12.3. The number of halogens is 1. The molecule has 0 fully saturated rings. The average molecular weight is 475 g/mol. The van der Waals surface area contributed by atoms with Gasteiger partial charge in [0, 0.05) is 32.1 Å². The van der Waals surface area contributed by atoms with Crippen LogP contribution >= 0.6 is 35.3 Å². The molecule has 138 valence electrons. The highest BCUT2D eigenvalue weighted by Gasteiger charge is 2.00. The van der Waals surface area contributed by atoms with E-state index < -0.39 is 0 Å². The van der Waals surface area contributed by atoms with E-state index in [1.807, 2.05) is 24.3 Å². The second-order valence-electron chi connectivity index (χ2n) is 5.17. The van der Waals surface area contributed by atoms with Gasteiger partial charge in [0.25, 0.3) is 0 Å². The molecule has 25 heavy (non-hydrogen) atoms. The number of aliphatic imine (C=N–C) groups is 1. The van der Waals surface area contributed by atoms with Crippen molar-refractivity contribution >= 4 is 41.3 Å². The van der Waals surface area contributed by atoms with E-state index in [0.29, 0.717) is 13.2 Å². The van der Waals surface area contributed by atoms with Gasteiger partial charge in [-0.3, -0.25) is 4.99 Å². The molecule has 0 spiro atoms. The second kappa shape index (κ2) is 13.0. The summed E-state index contributed by atoms with van der Waals surface area (Å²) < 4.78 is 10.5. The molecule has 0 amide bonds. The first-order valence-electron chi connectivity index (χ1n) is 7.99. The standard InChI is InChI=1S/C18H25N3O2S.HI/c1-19-18(20-10-9-17-4-3-13-24-17)21-14-15-5-7-16(8-6-15)23-12-11-22-2;/h3-8,13H,9-12,14H2,1-2H3,(H2,19,20,21);1H. The number of nitrogens with zero attached hydrogens (tertiary/aromatic N) is 1. The zero-order valence-corrected chi connectivity index (χ0v) is 17.8. The molecule has 0 radical (unpaired) electrons. The predicted molar refractivity (Wildman–Crippen MR) is 115 cm³/mol. The Hall–Kier alpha value is -1.32. The maximum atomic E-state index is 5.56. The van der Waals surface area contributed by atoms with Gasteiger partial charge < -0.3 is 20.1 Å². The molecule has 7 heteroatoms. The van der Waals surface area contributed by atoms with E-state index in [0.717, 1.165) is 31.2 Å². The van der Waals surface area contributed by atoms with Gasteiger partial charge in [-0.25, -0.2) is 0 Å². The van der Waals surface area contributed by atoms with Crippen LogP contribution in [0.2, 0.25) is 0 Å². The molecule has 0 bridgehead atoms. The SMILES string of the molecule is CN=C(NCCc1cccs1)NCc1ccc(OCCOC)cc1.I. The summed E-state index contributed by atoms with van der Waals surface area (Å²) in [5.74, 6) is 1.67. The number of methoxy groups -OCH3 is 1. The average Bonchev–Trinajstić information content (AvgIpc) is 3.13. The highest BCUT2D eigenvalue weighted by molar-refractivity contribution is 14.0. The fourth-order valence-corrected chi connectivity index (χ4v) is 2.82. The normalized spacial score (nSPS) is 10.9. The van der Waals surface area contributed by atoms with E-state index in [1.54, 1.807) is 25.5 Å². The summed E-state index contributed by atoms with van der Waals surface area (Å²) in [5.41, 5.74) is 1.18. The Morgan fingerprint density at radius 2 is 1.92 bits per heavy atom. The number of hydrogen-bond donors (Lipinski definition) is 2. The Bertz CT molecular complexity index is 603. The number of rotatable bonds is 9. The summed E-state index contributed by atoms with van der Waals surface area (Å²) in [4.78, 5) is 5.63. The van der Waals surface area contributed by atoms with Crippen molar-refractivity contribution in [3.05, 3.63) is 52.2 Å². The monoisotopic (exact) mass is 475 g/mol. The van der Waals surface area contributed by atoms with Crippen LogP contribution in [0.25, 0.3) is 0 Å². The largest absolute Gasteiger partial charge is 0.491 e. The first kappa shape index (κ1) is 21.7. The summed E-state index contributed by atoms with van der Waals surface area (Å²) in [6.45, 7) is 2.75. The van der Waals surface area contributed by atoms with Crippen LogP contribution in [0.3, 0.4) is 0 Å². The van der Waals surface area contributed by atoms with Crippen molar-refractivity contribution in [3.8, 4) is 5.75 Å². The van der Waals surface area contributed by atoms with E-state index in [-0.39, 0.29) is 24.0 Å². The van der Waals surface area contributed by atoms with Crippen LogP contribution in [-0.2, 0) is 17.7 Å². The quantitative estimate of drug-likeness (QED) is 0.253. The molecular formula is C18H26IN3O2S. The second-order valence-corrected chi connectivity index (χ2v) is 6.20. The van der Waals surface area contributed by atoms with Gasteiger partial charge >= 0.3 is 0 Å². The van der Waals surface area contributed by atoms with E-state index in [9.17, 15) is 0 Å². The fourth-order valence-electron chi connectivity index (χ4n) is 2.11. The van der Waals surface area contributed by atoms with E-state index in [1.165, 1.54) is 10.4 Å². The third kappa shape index (κ3) is 8.55. The van der Waals surface area contributed by atoms with Gasteiger partial charge in [-0.1, -0.05) is 18.2 Å². The van der Waals surface area contributed by atoms with Gasteiger partial charge in [0.05, 0.1) is 6.61 Å². The summed E-state index contributed by atoms with van der Waals surface area (Å²) in [7, 11) is 3.45. The van der Waals surface area contributed by atoms with Crippen molar-refractivity contribution < 1.29 is 9.47 Å². The Kier molecular flexibility index (Phi) is 11.3. The first-order valence-corrected chi connectivity index (χ1v) is 8.87. The number of guanidine groups is 1. The van der Waals surface area contributed by atoms with Crippen LogP contribution in [0.15, 0.2) is 46.8 Å². The molecule has 1 aromatic heterocycles. The number of benzene rings is 1. The van der Waals surface area contributed by atoms with Crippen molar-refractivity contribution in [2.75, 3.05) is 33.9 Å². The Morgan fingerprint density at radius 1 is 1.12 bits per heavy atom. The highest BCUT2D eigenvalue weighted by Crippen LogP contribution is 2.12. The minimum atomic E-state index is 0. The molecule has 2 aromatic rings. The molecular weight excluding hydrogens is 449 g/mol. The van der Waals surface area contributed by atoms with Crippen molar-refractivity contribution in [2.45, 2.75) is 13.0 Å². The minimum absolute atomic E-state index is 0. The van der Waals surface area contributed by atoms with Crippen LogP contribution < -0.4 is 15.4 Å². The lowest BCUT2D eigenvalue weighted by atomic mass is 10.2. The Balaban J connectivity index is 0.00000312. The smallest absolute Gasteiger partial charge is 0.191 e. The van der Waals surface area contributed by atoms with Crippen LogP contribution in [0.5, 0.6) is 5.75 Å². The van der Waals surface area contributed by atoms with Crippen molar-refractivity contribution in [3.63, 3.8) is 0 Å². The van der Waals surface area contributed by atoms with Gasteiger partial charge in [-0.05, 0) is 35.6 Å². The molecule has 0 saturated carbocycles. The molecule has 0 aliphatic heterocycles. The molecule has 5 nitrogen and oxygen atoms in total. The molecule has 0 unspecified atom stereocenters. The lowest BCUT2D eigenvalue weighted by molar-refractivity contribution is 0.146. The van der Waals surface area contributed by atoms with E-state index >= 15 is 0 Å². The minimum Gasteiger partial charge on any atom is -0.491 e. The van der Waals surface area contributed by atoms with E-state index in [4.69, 9.17) is 9.47 Å². The summed E-state index contributed by atoms with van der Waals surface area (Å²) >= 11 is 1.78. The molecule has 1 aromatic carbocycles. The first-order chi connectivity index (χ1) is 11.8. The van der Waals surface area contributed by atoms with Gasteiger partial charge in [0.1, 0.15) is 12.4 Å². The van der Waals surface area contributed by atoms with E-state index in [2.05, 4.69) is 33.1 Å². The Labute approximate surface area is 170 Å². The number of hydrogen-bond acceptors (Lipinski definition) is 4. The summed E-state index contributed by atoms with van der Waals surface area (Å²) in [5, 5.41) is 8.75. The molecule has 2 N–H and O–H groups in total. The zero-order valence-electron chi connectivity index (χ0n) is 14.7. The van der Waals surface area contributed by atoms with Crippen molar-refractivity contribution in [1.29, 1.82) is 0 Å². The highest BCUT2D eigenvalue weighted by atomic mass is 127. The van der Waals surface area contributed by atoms with Crippen LogP contribution in [0, 0.1) is 0 Å². The third-order valence-electron chi connectivity index (χ3n) is 3.41. The fraction of sp³-hybridized carbons (Fsp3) is 0.389. The topological polar surface area (TPSA) is 54.9 Å². The molecule has 0 aliphatic rings. The van der Waals surface area contributed by atoms with Gasteiger partial charge in [0.2, 0.25) is 0 Å². The van der Waals surface area contributed by atoms with Gasteiger partial charge in [-0.15, -0.1) is 35.3 Å². The van der Waals surface area contributed by atoms with Crippen LogP contribution in [-0.4, -0.2) is 39.9 Å². The number of nitrogens with one attached hydrogen (secondary N) is 2. The maximum Gasteiger partial charge on any atom is 0.191 e. The van der Waals surface area contributed by atoms with Crippen molar-refractivity contribution in [1.82, 2.24) is 10.6 Å². The lowest BCUT2D eigenvalue weighted by Gasteiger charge is -2.12. The van der Waals surface area contributed by atoms with Crippen LogP contribution in [0.4, 0.5) is 0 Å². The maximum absolute atomic E-state index is 5.56. The van der Waals surface area contributed by atoms with Crippen LogP contribution in [0.1, 0.15) is 10.4 Å². The molecule has 0 aliphatic carbocycles. The lowest BCUT2D eigenvalue weighted by Crippen LogP contribution is -2.37. The molecule has 2 rings (SSSR count). The third-order valence-corrected chi connectivity index (χ3v) is 4.34. The number of ether oxygens (including phenoxy) is 2. The summed E-state index contributed by atoms with van der Waals surface area (Å²) in [6.07, 6.45) is 1.01. The van der Waals surface area contributed by atoms with Crippen molar-refractivity contribution in [2.24, 2.45) is 4.99 Å². The molecule has 0 atom stereocenters. The zero-order chi connectivity index (χ0) is 17.0. The molecule has 1 heterocycles. The predicted octanol–water partition coefficient (Wildman–Crippen LogP) is 3.30. The van der Waals surface area contributed by atoms with Gasteiger partial charge in [0.15, 0.2) is 5.96 Å². The van der Waals surface area contributed by atoms with Gasteiger partial charge in [-0.2, -0.15) is 0 Å². The number of thiophene rings is 1. The Morgan fingerprint density at radius 3 is 2.56 bits per heavy atom.